The van der Waals surface area contributed by atoms with Crippen molar-refractivity contribution in [3.05, 3.63) is 46.2 Å². The van der Waals surface area contributed by atoms with Gasteiger partial charge in [-0.05, 0) is 64.0 Å². The molecule has 4 nitrogen and oxygen atoms in total. The Morgan fingerprint density at radius 1 is 1.18 bits per heavy atom. The Labute approximate surface area is 135 Å². The molecule has 1 aromatic carbocycles. The number of aryl methyl sites for hydroxylation is 1. The fourth-order valence-electron chi connectivity index (χ4n) is 3.10. The van der Waals surface area contributed by atoms with Crippen LogP contribution >= 0.6 is 11.6 Å². The quantitative estimate of drug-likeness (QED) is 0.811. The van der Waals surface area contributed by atoms with Gasteiger partial charge in [0.05, 0.1) is 29.2 Å². The molecule has 2 heterocycles. The number of Topliss-reactive ketones (excluding diaryl/α,β-unsaturated/α-hetero) is 1. The highest BCUT2D eigenvalue weighted by Gasteiger charge is 2.22. The molecule has 5 heteroatoms. The van der Waals surface area contributed by atoms with Gasteiger partial charge in [-0.1, -0.05) is 11.6 Å². The predicted octanol–water partition coefficient (Wildman–Crippen LogP) is 3.42. The van der Waals surface area contributed by atoms with E-state index in [0.29, 0.717) is 11.6 Å². The largest absolute Gasteiger partial charge is 0.296 e. The van der Waals surface area contributed by atoms with Crippen LogP contribution in [0.1, 0.15) is 34.6 Å². The first kappa shape index (κ1) is 15.3. The number of likely N-dealkylation sites (tertiary alicyclic amines) is 1. The number of aromatic nitrogens is 2. The van der Waals surface area contributed by atoms with E-state index < -0.39 is 0 Å². The van der Waals surface area contributed by atoms with Crippen LogP contribution in [0.15, 0.2) is 24.3 Å². The molecule has 0 unspecified atom stereocenters. The number of nitrogens with zero attached hydrogens (tertiary/aromatic N) is 3. The van der Waals surface area contributed by atoms with Crippen molar-refractivity contribution < 1.29 is 4.79 Å². The smallest absolute Gasteiger partial charge is 0.180 e. The third-order valence-electron chi connectivity index (χ3n) is 4.21. The Balaban J connectivity index is 1.89. The molecule has 3 rings (SSSR count). The van der Waals surface area contributed by atoms with Crippen LogP contribution < -0.4 is 0 Å². The molecule has 0 spiro atoms. The van der Waals surface area contributed by atoms with Crippen LogP contribution in [0.25, 0.3) is 5.69 Å². The molecule has 1 aromatic heterocycles. The Morgan fingerprint density at radius 3 is 2.45 bits per heavy atom. The van der Waals surface area contributed by atoms with E-state index in [2.05, 4.69) is 10.00 Å². The molecule has 1 fully saturated rings. The van der Waals surface area contributed by atoms with E-state index >= 15 is 0 Å². The van der Waals surface area contributed by atoms with Gasteiger partial charge in [0.25, 0.3) is 0 Å². The minimum atomic E-state index is 0.164. The van der Waals surface area contributed by atoms with E-state index in [0.717, 1.165) is 35.7 Å². The zero-order valence-electron chi connectivity index (χ0n) is 13.0. The van der Waals surface area contributed by atoms with Gasteiger partial charge in [-0.3, -0.25) is 9.69 Å². The summed E-state index contributed by atoms with van der Waals surface area (Å²) in [4.78, 5) is 14.8. The lowest BCUT2D eigenvalue weighted by atomic mass is 10.1. The minimum absolute atomic E-state index is 0.164. The maximum absolute atomic E-state index is 12.6. The first-order valence-corrected chi connectivity index (χ1v) is 8.02. The van der Waals surface area contributed by atoms with Gasteiger partial charge in [0.2, 0.25) is 0 Å². The van der Waals surface area contributed by atoms with Crippen molar-refractivity contribution in [1.82, 2.24) is 14.7 Å². The van der Waals surface area contributed by atoms with E-state index in [9.17, 15) is 4.79 Å². The van der Waals surface area contributed by atoms with Gasteiger partial charge in [-0.2, -0.15) is 5.10 Å². The molecule has 22 heavy (non-hydrogen) atoms. The van der Waals surface area contributed by atoms with Crippen LogP contribution in [-0.4, -0.2) is 40.1 Å². The molecule has 1 aliphatic heterocycles. The number of ketones is 1. The number of hydrogen-bond donors (Lipinski definition) is 0. The third-order valence-corrected chi connectivity index (χ3v) is 4.46. The lowest BCUT2D eigenvalue weighted by Crippen LogP contribution is -2.27. The molecule has 2 aromatic rings. The number of hydrogen-bond acceptors (Lipinski definition) is 3. The Bertz CT molecular complexity index is 685. The summed E-state index contributed by atoms with van der Waals surface area (Å²) in [7, 11) is 0. The average Bonchev–Trinajstić information content (AvgIpc) is 3.08. The number of benzene rings is 1. The lowest BCUT2D eigenvalue weighted by Gasteiger charge is -2.13. The topological polar surface area (TPSA) is 38.1 Å². The van der Waals surface area contributed by atoms with Gasteiger partial charge in [0.1, 0.15) is 0 Å². The fourth-order valence-corrected chi connectivity index (χ4v) is 3.23. The van der Waals surface area contributed by atoms with Gasteiger partial charge < -0.3 is 0 Å². The van der Waals surface area contributed by atoms with Crippen molar-refractivity contribution in [2.24, 2.45) is 0 Å². The Kier molecular flexibility index (Phi) is 4.32. The number of rotatable bonds is 4. The normalized spacial score (nSPS) is 15.4. The monoisotopic (exact) mass is 317 g/mol. The molecule has 0 saturated carbocycles. The van der Waals surface area contributed by atoms with Crippen LogP contribution in [0.3, 0.4) is 0 Å². The summed E-state index contributed by atoms with van der Waals surface area (Å²) in [6.07, 6.45) is 2.38. The standard InChI is InChI=1S/C17H20ClN3O/c1-12-17(16(22)11-20-9-3-4-10-20)13(2)21(19-12)15-7-5-14(18)6-8-15/h5-8H,3-4,9-11H2,1-2H3. The molecule has 116 valence electrons. The molecular formula is C17H20ClN3O. The van der Waals surface area contributed by atoms with Crippen molar-refractivity contribution in [1.29, 1.82) is 0 Å². The molecule has 0 N–H and O–H groups in total. The van der Waals surface area contributed by atoms with E-state index in [4.69, 9.17) is 11.6 Å². The van der Waals surface area contributed by atoms with Crippen molar-refractivity contribution >= 4 is 17.4 Å². The number of halogens is 1. The van der Waals surface area contributed by atoms with Crippen LogP contribution in [0.5, 0.6) is 0 Å². The van der Waals surface area contributed by atoms with E-state index in [1.54, 1.807) is 0 Å². The zero-order valence-corrected chi connectivity index (χ0v) is 13.7. The van der Waals surface area contributed by atoms with Gasteiger partial charge in [-0.25, -0.2) is 4.68 Å². The highest BCUT2D eigenvalue weighted by Crippen LogP contribution is 2.21. The van der Waals surface area contributed by atoms with Gasteiger partial charge in [-0.15, -0.1) is 0 Å². The zero-order chi connectivity index (χ0) is 15.7. The van der Waals surface area contributed by atoms with Crippen LogP contribution in [-0.2, 0) is 0 Å². The van der Waals surface area contributed by atoms with Gasteiger partial charge in [0, 0.05) is 5.02 Å². The summed E-state index contributed by atoms with van der Waals surface area (Å²) in [5.74, 6) is 0.164. The third kappa shape index (κ3) is 2.94. The SMILES string of the molecule is Cc1nn(-c2ccc(Cl)cc2)c(C)c1C(=O)CN1CCCC1. The van der Waals surface area contributed by atoms with E-state index in [1.165, 1.54) is 12.8 Å². The highest BCUT2D eigenvalue weighted by atomic mass is 35.5. The second-order valence-corrected chi connectivity index (χ2v) is 6.28. The van der Waals surface area contributed by atoms with Gasteiger partial charge in [0.15, 0.2) is 5.78 Å². The maximum atomic E-state index is 12.6. The molecule has 1 aliphatic rings. The summed E-state index contributed by atoms with van der Waals surface area (Å²) in [6, 6.07) is 7.49. The average molecular weight is 318 g/mol. The van der Waals surface area contributed by atoms with Gasteiger partial charge >= 0.3 is 0 Å². The van der Waals surface area contributed by atoms with Crippen LogP contribution in [0.4, 0.5) is 0 Å². The molecule has 0 radical (unpaired) electrons. The molecular weight excluding hydrogens is 298 g/mol. The molecule has 0 atom stereocenters. The summed E-state index contributed by atoms with van der Waals surface area (Å²) in [5, 5.41) is 5.23. The van der Waals surface area contributed by atoms with Crippen molar-refractivity contribution in [3.63, 3.8) is 0 Å². The second-order valence-electron chi connectivity index (χ2n) is 5.84. The molecule has 0 amide bonds. The van der Waals surface area contributed by atoms with Crippen molar-refractivity contribution in [2.75, 3.05) is 19.6 Å². The molecule has 0 bridgehead atoms. The van der Waals surface area contributed by atoms with Crippen LogP contribution in [0, 0.1) is 13.8 Å². The lowest BCUT2D eigenvalue weighted by molar-refractivity contribution is 0.0944. The van der Waals surface area contributed by atoms with E-state index in [-0.39, 0.29) is 5.78 Å². The Hall–Kier alpha value is -1.65. The first-order valence-electron chi connectivity index (χ1n) is 7.64. The van der Waals surface area contributed by atoms with Crippen LogP contribution in [0.2, 0.25) is 5.02 Å². The number of carbonyl (C=O) groups excluding carboxylic acids is 1. The number of carbonyl (C=O) groups is 1. The summed E-state index contributed by atoms with van der Waals surface area (Å²) in [5.41, 5.74) is 3.35. The summed E-state index contributed by atoms with van der Waals surface area (Å²) >= 11 is 5.93. The first-order chi connectivity index (χ1) is 10.6. The summed E-state index contributed by atoms with van der Waals surface area (Å²) < 4.78 is 1.82. The van der Waals surface area contributed by atoms with E-state index in [1.807, 2.05) is 42.8 Å². The highest BCUT2D eigenvalue weighted by molar-refractivity contribution is 6.30. The maximum Gasteiger partial charge on any atom is 0.180 e. The predicted molar refractivity (Wildman–Crippen MR) is 88.1 cm³/mol. The van der Waals surface area contributed by atoms with Crippen molar-refractivity contribution in [3.8, 4) is 5.69 Å². The molecule has 1 saturated heterocycles. The molecule has 0 aliphatic carbocycles. The van der Waals surface area contributed by atoms with Crippen molar-refractivity contribution in [2.45, 2.75) is 26.7 Å². The second kappa shape index (κ2) is 6.23. The Morgan fingerprint density at radius 2 is 1.82 bits per heavy atom. The summed E-state index contributed by atoms with van der Waals surface area (Å²) in [6.45, 7) is 6.39. The fraction of sp³-hybridized carbons (Fsp3) is 0.412. The minimum Gasteiger partial charge on any atom is -0.296 e.